The van der Waals surface area contributed by atoms with E-state index < -0.39 is 0 Å². The molecule has 0 aliphatic carbocycles. The van der Waals surface area contributed by atoms with Gasteiger partial charge in [0.25, 0.3) is 0 Å². The van der Waals surface area contributed by atoms with E-state index in [9.17, 15) is 0 Å². The Morgan fingerprint density at radius 1 is 1.21 bits per heavy atom. The number of nitrogens with one attached hydrogen (secondary N) is 1. The molecule has 0 amide bonds. The van der Waals surface area contributed by atoms with Gasteiger partial charge in [-0.1, -0.05) is 43.3 Å². The number of rotatable bonds is 5. The number of aryl methyl sites for hydroxylation is 1. The molecule has 4 nitrogen and oxygen atoms in total. The SMILES string of the molecule is CCc1ccc(-c2noc(C(C)C(C)NC)n2)cc1. The van der Waals surface area contributed by atoms with E-state index in [1.54, 1.807) is 0 Å². The molecular weight excluding hydrogens is 238 g/mol. The summed E-state index contributed by atoms with van der Waals surface area (Å²) in [6.07, 6.45) is 1.04. The van der Waals surface area contributed by atoms with Crippen LogP contribution in [-0.2, 0) is 6.42 Å². The molecule has 19 heavy (non-hydrogen) atoms. The average Bonchev–Trinajstić information content (AvgIpc) is 2.95. The Balaban J connectivity index is 2.20. The van der Waals surface area contributed by atoms with Crippen molar-refractivity contribution in [3.63, 3.8) is 0 Å². The van der Waals surface area contributed by atoms with Gasteiger partial charge in [-0.25, -0.2) is 0 Å². The second-order valence-corrected chi connectivity index (χ2v) is 4.87. The first-order valence-corrected chi connectivity index (χ1v) is 6.75. The van der Waals surface area contributed by atoms with E-state index in [1.165, 1.54) is 5.56 Å². The maximum absolute atomic E-state index is 5.36. The topological polar surface area (TPSA) is 51.0 Å². The zero-order valence-electron chi connectivity index (χ0n) is 12.0. The van der Waals surface area contributed by atoms with Crippen LogP contribution in [0.4, 0.5) is 0 Å². The van der Waals surface area contributed by atoms with Crippen LogP contribution in [0.3, 0.4) is 0 Å². The molecule has 1 N–H and O–H groups in total. The molecule has 0 aliphatic heterocycles. The van der Waals surface area contributed by atoms with Gasteiger partial charge in [-0.05, 0) is 26.0 Å². The average molecular weight is 259 g/mol. The predicted octanol–water partition coefficient (Wildman–Crippen LogP) is 3.01. The van der Waals surface area contributed by atoms with Gasteiger partial charge in [-0.15, -0.1) is 0 Å². The number of aromatic nitrogens is 2. The molecule has 2 unspecified atom stereocenters. The summed E-state index contributed by atoms with van der Waals surface area (Å²) in [5.41, 5.74) is 2.31. The highest BCUT2D eigenvalue weighted by Crippen LogP contribution is 2.22. The van der Waals surface area contributed by atoms with E-state index in [0.29, 0.717) is 17.8 Å². The minimum absolute atomic E-state index is 0.196. The summed E-state index contributed by atoms with van der Waals surface area (Å²) in [6.45, 7) is 6.32. The van der Waals surface area contributed by atoms with Crippen molar-refractivity contribution in [2.75, 3.05) is 7.05 Å². The first kappa shape index (κ1) is 13.7. The van der Waals surface area contributed by atoms with E-state index in [4.69, 9.17) is 4.52 Å². The van der Waals surface area contributed by atoms with Gasteiger partial charge in [0, 0.05) is 11.6 Å². The van der Waals surface area contributed by atoms with Crippen LogP contribution in [0.25, 0.3) is 11.4 Å². The van der Waals surface area contributed by atoms with E-state index in [0.717, 1.165) is 12.0 Å². The van der Waals surface area contributed by atoms with Crippen LogP contribution in [-0.4, -0.2) is 23.2 Å². The summed E-state index contributed by atoms with van der Waals surface area (Å²) in [5.74, 6) is 1.53. The highest BCUT2D eigenvalue weighted by atomic mass is 16.5. The molecule has 2 atom stereocenters. The van der Waals surface area contributed by atoms with E-state index >= 15 is 0 Å². The molecular formula is C15H21N3O. The first-order valence-electron chi connectivity index (χ1n) is 6.75. The third-order valence-electron chi connectivity index (χ3n) is 3.66. The predicted molar refractivity (Wildman–Crippen MR) is 76.0 cm³/mol. The lowest BCUT2D eigenvalue weighted by Gasteiger charge is -2.14. The molecule has 0 saturated carbocycles. The summed E-state index contributed by atoms with van der Waals surface area (Å²) in [5, 5.41) is 7.27. The van der Waals surface area contributed by atoms with Crippen molar-refractivity contribution in [1.29, 1.82) is 0 Å². The van der Waals surface area contributed by atoms with Crippen molar-refractivity contribution >= 4 is 0 Å². The Labute approximate surface area is 114 Å². The van der Waals surface area contributed by atoms with Crippen LogP contribution in [0.15, 0.2) is 28.8 Å². The molecule has 2 aromatic rings. The van der Waals surface area contributed by atoms with Crippen LogP contribution >= 0.6 is 0 Å². The van der Waals surface area contributed by atoms with E-state index in [1.807, 2.05) is 19.2 Å². The Kier molecular flexibility index (Phi) is 4.32. The van der Waals surface area contributed by atoms with Crippen molar-refractivity contribution in [3.8, 4) is 11.4 Å². The zero-order chi connectivity index (χ0) is 13.8. The highest BCUT2D eigenvalue weighted by molar-refractivity contribution is 5.54. The third kappa shape index (κ3) is 3.01. The smallest absolute Gasteiger partial charge is 0.231 e. The molecule has 0 spiro atoms. The molecule has 0 bridgehead atoms. The molecule has 0 radical (unpaired) electrons. The summed E-state index contributed by atoms with van der Waals surface area (Å²) < 4.78 is 5.36. The van der Waals surface area contributed by atoms with Gasteiger partial charge in [0.05, 0.1) is 5.92 Å². The fourth-order valence-electron chi connectivity index (χ4n) is 1.89. The molecule has 1 heterocycles. The summed E-state index contributed by atoms with van der Waals surface area (Å²) in [6, 6.07) is 8.59. The van der Waals surface area contributed by atoms with Crippen LogP contribution < -0.4 is 5.32 Å². The fourth-order valence-corrected chi connectivity index (χ4v) is 1.89. The second kappa shape index (κ2) is 5.97. The number of hydrogen-bond acceptors (Lipinski definition) is 4. The van der Waals surface area contributed by atoms with Crippen molar-refractivity contribution < 1.29 is 4.52 Å². The minimum atomic E-state index is 0.196. The number of nitrogens with zero attached hydrogens (tertiary/aromatic N) is 2. The Morgan fingerprint density at radius 2 is 1.89 bits per heavy atom. The van der Waals surface area contributed by atoms with Crippen molar-refractivity contribution in [2.45, 2.75) is 39.2 Å². The molecule has 102 valence electrons. The Bertz CT molecular complexity index is 518. The first-order chi connectivity index (χ1) is 9.15. The monoisotopic (exact) mass is 259 g/mol. The molecule has 1 aromatic heterocycles. The lowest BCUT2D eigenvalue weighted by molar-refractivity contribution is 0.336. The number of likely N-dealkylation sites (N-methyl/N-ethyl adjacent to an activating group) is 1. The van der Waals surface area contributed by atoms with Crippen molar-refractivity contribution in [1.82, 2.24) is 15.5 Å². The van der Waals surface area contributed by atoms with Gasteiger partial charge in [-0.2, -0.15) is 4.98 Å². The largest absolute Gasteiger partial charge is 0.339 e. The van der Waals surface area contributed by atoms with Crippen LogP contribution in [0, 0.1) is 0 Å². The third-order valence-corrected chi connectivity index (χ3v) is 3.66. The lowest BCUT2D eigenvalue weighted by atomic mass is 10.0. The summed E-state index contributed by atoms with van der Waals surface area (Å²) >= 11 is 0. The summed E-state index contributed by atoms with van der Waals surface area (Å²) in [7, 11) is 1.93. The molecule has 0 fully saturated rings. The molecule has 1 aromatic carbocycles. The molecule has 4 heteroatoms. The molecule has 0 saturated heterocycles. The number of benzene rings is 1. The van der Waals surface area contributed by atoms with Gasteiger partial charge in [0.1, 0.15) is 0 Å². The normalized spacial score (nSPS) is 14.3. The van der Waals surface area contributed by atoms with Gasteiger partial charge < -0.3 is 9.84 Å². The maximum Gasteiger partial charge on any atom is 0.231 e. The lowest BCUT2D eigenvalue weighted by Crippen LogP contribution is -2.27. The Morgan fingerprint density at radius 3 is 2.47 bits per heavy atom. The van der Waals surface area contributed by atoms with Crippen molar-refractivity contribution in [2.24, 2.45) is 0 Å². The number of hydrogen-bond donors (Lipinski definition) is 1. The minimum Gasteiger partial charge on any atom is -0.339 e. The Hall–Kier alpha value is -1.68. The van der Waals surface area contributed by atoms with Gasteiger partial charge in [0.15, 0.2) is 0 Å². The molecule has 0 aliphatic rings. The van der Waals surface area contributed by atoms with Gasteiger partial charge in [0.2, 0.25) is 11.7 Å². The van der Waals surface area contributed by atoms with E-state index in [2.05, 4.69) is 48.4 Å². The summed E-state index contributed by atoms with van der Waals surface area (Å²) in [4.78, 5) is 4.49. The zero-order valence-corrected chi connectivity index (χ0v) is 12.0. The fraction of sp³-hybridized carbons (Fsp3) is 0.467. The van der Waals surface area contributed by atoms with Crippen LogP contribution in [0.5, 0.6) is 0 Å². The maximum atomic E-state index is 5.36. The van der Waals surface area contributed by atoms with Gasteiger partial charge in [-0.3, -0.25) is 0 Å². The molecule has 2 rings (SSSR count). The quantitative estimate of drug-likeness (QED) is 0.896. The highest BCUT2D eigenvalue weighted by Gasteiger charge is 2.19. The van der Waals surface area contributed by atoms with Gasteiger partial charge >= 0.3 is 0 Å². The van der Waals surface area contributed by atoms with Crippen LogP contribution in [0.1, 0.15) is 38.1 Å². The van der Waals surface area contributed by atoms with E-state index in [-0.39, 0.29) is 5.92 Å². The van der Waals surface area contributed by atoms with Crippen molar-refractivity contribution in [3.05, 3.63) is 35.7 Å². The standard InChI is InChI=1S/C15H21N3O/c1-5-12-6-8-13(9-7-12)14-17-15(19-18-14)10(2)11(3)16-4/h6-11,16H,5H2,1-4H3. The van der Waals surface area contributed by atoms with Crippen LogP contribution in [0.2, 0.25) is 0 Å². The second-order valence-electron chi connectivity index (χ2n) is 4.87.